The molecule has 0 fully saturated rings. The van der Waals surface area contributed by atoms with Crippen LogP contribution in [0.2, 0.25) is 0 Å². The molecule has 7 heteroatoms. The zero-order valence-electron chi connectivity index (χ0n) is 7.66. The minimum absolute atomic E-state index is 0.0417. The zero-order chi connectivity index (χ0) is 11.0. The van der Waals surface area contributed by atoms with Crippen LogP contribution in [0.1, 0.15) is 12.8 Å². The van der Waals surface area contributed by atoms with Crippen molar-refractivity contribution in [3.05, 3.63) is 0 Å². The second-order valence-corrected chi connectivity index (χ2v) is 2.76. The van der Waals surface area contributed by atoms with E-state index < -0.39 is 18.6 Å². The molecule has 0 radical (unpaired) electrons. The van der Waals surface area contributed by atoms with Crippen molar-refractivity contribution in [2.24, 2.45) is 5.73 Å². The average Bonchev–Trinajstić information content (AvgIpc) is 2.00. The summed E-state index contributed by atoms with van der Waals surface area (Å²) >= 11 is 0. The zero-order valence-corrected chi connectivity index (χ0v) is 7.66. The van der Waals surface area contributed by atoms with Gasteiger partial charge < -0.3 is 16.4 Å². The van der Waals surface area contributed by atoms with E-state index in [0.717, 1.165) is 0 Å². The highest BCUT2D eigenvalue weighted by Crippen LogP contribution is 2.20. The van der Waals surface area contributed by atoms with Gasteiger partial charge in [-0.1, -0.05) is 0 Å². The first kappa shape index (κ1) is 13.0. The molecule has 0 unspecified atom stereocenters. The van der Waals surface area contributed by atoms with Gasteiger partial charge in [0, 0.05) is 19.5 Å². The van der Waals surface area contributed by atoms with E-state index in [-0.39, 0.29) is 13.0 Å². The first-order valence-electron chi connectivity index (χ1n) is 4.22. The monoisotopic (exact) mass is 213 g/mol. The third-order valence-corrected chi connectivity index (χ3v) is 1.41. The van der Waals surface area contributed by atoms with Crippen LogP contribution in [-0.2, 0) is 0 Å². The van der Waals surface area contributed by atoms with Gasteiger partial charge in [-0.3, -0.25) is 0 Å². The van der Waals surface area contributed by atoms with E-state index in [0.29, 0.717) is 13.1 Å². The molecule has 4 N–H and O–H groups in total. The SMILES string of the molecule is NC(=O)NCCNCCCC(F)(F)F. The molecule has 0 aromatic rings. The molecule has 0 saturated carbocycles. The quantitative estimate of drug-likeness (QED) is 0.565. The third kappa shape index (κ3) is 11.0. The van der Waals surface area contributed by atoms with Crippen LogP contribution in [0.5, 0.6) is 0 Å². The van der Waals surface area contributed by atoms with Crippen molar-refractivity contribution in [1.82, 2.24) is 10.6 Å². The minimum atomic E-state index is -4.09. The number of nitrogens with two attached hydrogens (primary N) is 1. The number of hydrogen-bond donors (Lipinski definition) is 3. The van der Waals surface area contributed by atoms with Crippen molar-refractivity contribution >= 4 is 6.03 Å². The second-order valence-electron chi connectivity index (χ2n) is 2.76. The number of rotatable bonds is 6. The van der Waals surface area contributed by atoms with Gasteiger partial charge in [0.2, 0.25) is 0 Å². The lowest BCUT2D eigenvalue weighted by molar-refractivity contribution is -0.135. The standard InChI is InChI=1S/C7H14F3N3O/c8-7(9,10)2-1-3-12-4-5-13-6(11)14/h12H,1-5H2,(H3,11,13,14). The van der Waals surface area contributed by atoms with Crippen molar-refractivity contribution in [2.45, 2.75) is 19.0 Å². The number of nitrogens with one attached hydrogen (secondary N) is 2. The first-order chi connectivity index (χ1) is 6.42. The highest BCUT2D eigenvalue weighted by molar-refractivity contribution is 5.71. The molecule has 0 bridgehead atoms. The number of hydrogen-bond acceptors (Lipinski definition) is 2. The Morgan fingerprint density at radius 1 is 1.21 bits per heavy atom. The normalized spacial score (nSPS) is 11.4. The molecule has 0 aliphatic heterocycles. The van der Waals surface area contributed by atoms with Gasteiger partial charge in [-0.25, -0.2) is 4.79 Å². The molecule has 0 saturated heterocycles. The van der Waals surface area contributed by atoms with E-state index >= 15 is 0 Å². The lowest BCUT2D eigenvalue weighted by atomic mass is 10.3. The molecule has 14 heavy (non-hydrogen) atoms. The maximum absolute atomic E-state index is 11.6. The van der Waals surface area contributed by atoms with E-state index in [1.54, 1.807) is 0 Å². The van der Waals surface area contributed by atoms with Crippen LogP contribution in [-0.4, -0.2) is 31.8 Å². The number of primary amides is 1. The smallest absolute Gasteiger partial charge is 0.352 e. The molecular weight excluding hydrogens is 199 g/mol. The molecular formula is C7H14F3N3O. The molecule has 0 atom stereocenters. The Bertz CT molecular complexity index is 172. The van der Waals surface area contributed by atoms with Crippen LogP contribution in [0.25, 0.3) is 0 Å². The fourth-order valence-corrected chi connectivity index (χ4v) is 0.813. The van der Waals surface area contributed by atoms with Gasteiger partial charge in [0.25, 0.3) is 0 Å². The summed E-state index contributed by atoms with van der Waals surface area (Å²) in [6, 6.07) is -0.637. The summed E-state index contributed by atoms with van der Waals surface area (Å²) < 4.78 is 34.9. The summed E-state index contributed by atoms with van der Waals surface area (Å²) in [6.45, 7) is 1.02. The van der Waals surface area contributed by atoms with Crippen molar-refractivity contribution < 1.29 is 18.0 Å². The van der Waals surface area contributed by atoms with Crippen molar-refractivity contribution in [3.8, 4) is 0 Å². The van der Waals surface area contributed by atoms with Gasteiger partial charge in [-0.05, 0) is 13.0 Å². The second kappa shape index (κ2) is 6.47. The molecule has 0 aliphatic rings. The van der Waals surface area contributed by atoms with Crippen LogP contribution in [0.15, 0.2) is 0 Å². The Kier molecular flexibility index (Phi) is 6.02. The van der Waals surface area contributed by atoms with E-state index in [2.05, 4.69) is 10.6 Å². The largest absolute Gasteiger partial charge is 0.389 e. The number of carbonyl (C=O) groups is 1. The van der Waals surface area contributed by atoms with Crippen LogP contribution in [0.3, 0.4) is 0 Å². The van der Waals surface area contributed by atoms with Crippen LogP contribution >= 0.6 is 0 Å². The van der Waals surface area contributed by atoms with E-state index in [4.69, 9.17) is 5.73 Å². The predicted molar refractivity (Wildman–Crippen MR) is 45.7 cm³/mol. The summed E-state index contributed by atoms with van der Waals surface area (Å²) in [4.78, 5) is 10.2. The highest BCUT2D eigenvalue weighted by atomic mass is 19.4. The molecule has 0 spiro atoms. The van der Waals surface area contributed by atoms with Gasteiger partial charge in [0.15, 0.2) is 0 Å². The Hall–Kier alpha value is -0.980. The number of carbonyl (C=O) groups excluding carboxylic acids is 1. The fraction of sp³-hybridized carbons (Fsp3) is 0.857. The van der Waals surface area contributed by atoms with E-state index in [9.17, 15) is 18.0 Å². The third-order valence-electron chi connectivity index (χ3n) is 1.41. The summed E-state index contributed by atoms with van der Waals surface area (Å²) in [7, 11) is 0. The van der Waals surface area contributed by atoms with Gasteiger partial charge in [0.1, 0.15) is 0 Å². The van der Waals surface area contributed by atoms with Crippen molar-refractivity contribution in [1.29, 1.82) is 0 Å². The summed E-state index contributed by atoms with van der Waals surface area (Å²) in [6.07, 6.45) is -4.84. The number of alkyl halides is 3. The molecule has 0 rings (SSSR count). The predicted octanol–water partition coefficient (Wildman–Crippen LogP) is 0.587. The maximum atomic E-state index is 11.6. The van der Waals surface area contributed by atoms with Crippen LogP contribution in [0.4, 0.5) is 18.0 Å². The summed E-state index contributed by atoms with van der Waals surface area (Å²) in [5.74, 6) is 0. The van der Waals surface area contributed by atoms with Gasteiger partial charge >= 0.3 is 12.2 Å². The number of amides is 2. The lowest BCUT2D eigenvalue weighted by Gasteiger charge is -2.07. The van der Waals surface area contributed by atoms with Gasteiger partial charge in [0.05, 0.1) is 0 Å². The fourth-order valence-electron chi connectivity index (χ4n) is 0.813. The maximum Gasteiger partial charge on any atom is 0.389 e. The first-order valence-corrected chi connectivity index (χ1v) is 4.22. The molecule has 4 nitrogen and oxygen atoms in total. The Morgan fingerprint density at radius 2 is 1.86 bits per heavy atom. The van der Waals surface area contributed by atoms with Gasteiger partial charge in [-0.15, -0.1) is 0 Å². The Balaban J connectivity index is 3.11. The number of halogens is 3. The number of urea groups is 1. The van der Waals surface area contributed by atoms with Crippen molar-refractivity contribution in [3.63, 3.8) is 0 Å². The topological polar surface area (TPSA) is 67.2 Å². The Morgan fingerprint density at radius 3 is 2.36 bits per heavy atom. The molecule has 84 valence electrons. The molecule has 2 amide bonds. The molecule has 0 heterocycles. The van der Waals surface area contributed by atoms with Gasteiger partial charge in [-0.2, -0.15) is 13.2 Å². The van der Waals surface area contributed by atoms with Crippen LogP contribution < -0.4 is 16.4 Å². The molecule has 0 aliphatic carbocycles. The summed E-state index contributed by atoms with van der Waals surface area (Å²) in [5.41, 5.74) is 4.76. The van der Waals surface area contributed by atoms with Crippen molar-refractivity contribution in [2.75, 3.05) is 19.6 Å². The Labute approximate surface area is 80.0 Å². The molecule has 0 aromatic heterocycles. The average molecular weight is 213 g/mol. The van der Waals surface area contributed by atoms with Crippen LogP contribution in [0, 0.1) is 0 Å². The molecule has 0 aromatic carbocycles. The minimum Gasteiger partial charge on any atom is -0.352 e. The lowest BCUT2D eigenvalue weighted by Crippen LogP contribution is -2.35. The highest BCUT2D eigenvalue weighted by Gasteiger charge is 2.25. The van der Waals surface area contributed by atoms with E-state index in [1.165, 1.54) is 0 Å². The van der Waals surface area contributed by atoms with E-state index in [1.807, 2.05) is 0 Å². The summed E-state index contributed by atoms with van der Waals surface area (Å²) in [5, 5.41) is 5.05.